The number of fused-ring (bicyclic) bond motifs is 2. The molecule has 1 spiro atoms. The van der Waals surface area contributed by atoms with Crippen LogP contribution in [0.25, 0.3) is 0 Å². The first-order valence-corrected chi connectivity index (χ1v) is 12.3. The van der Waals surface area contributed by atoms with Gasteiger partial charge in [0.15, 0.2) is 0 Å². The monoisotopic (exact) mass is 460 g/mol. The summed E-state index contributed by atoms with van der Waals surface area (Å²) in [6.07, 6.45) is 0.846. The maximum absolute atomic E-state index is 5.27. The molecule has 6 rings (SSSR count). The van der Waals surface area contributed by atoms with E-state index >= 15 is 0 Å². The molecule has 0 amide bonds. The van der Waals surface area contributed by atoms with Crippen molar-refractivity contribution in [2.75, 3.05) is 10.0 Å². The lowest BCUT2D eigenvalue weighted by Gasteiger charge is -2.47. The van der Waals surface area contributed by atoms with Gasteiger partial charge in [-0.3, -0.25) is 0 Å². The van der Waals surface area contributed by atoms with Crippen molar-refractivity contribution in [3.63, 3.8) is 0 Å². The minimum absolute atomic E-state index is 0.705. The predicted octanol–water partition coefficient (Wildman–Crippen LogP) is 7.05. The second-order valence-electron chi connectivity index (χ2n) is 8.22. The zero-order valence-electron chi connectivity index (χ0n) is 18.9. The molecule has 4 nitrogen and oxygen atoms in total. The summed E-state index contributed by atoms with van der Waals surface area (Å²) in [5.41, 5.74) is 6.59. The van der Waals surface area contributed by atoms with Crippen LogP contribution in [0.4, 0.5) is 11.4 Å². The highest BCUT2D eigenvalue weighted by Gasteiger charge is 2.55. The normalized spacial score (nSPS) is 19.1. The largest absolute Gasteiger partial charge is 0.234 e. The molecule has 0 aromatic heterocycles. The maximum Gasteiger partial charge on any atom is 0.234 e. The molecular formula is C29H24N4S. The Hall–Kier alpha value is -3.83. The van der Waals surface area contributed by atoms with E-state index in [0.717, 1.165) is 34.1 Å². The van der Waals surface area contributed by atoms with Crippen LogP contribution in [0.3, 0.4) is 0 Å². The molecule has 0 saturated carbocycles. The van der Waals surface area contributed by atoms with Gasteiger partial charge in [-0.1, -0.05) is 97.9 Å². The quantitative estimate of drug-likeness (QED) is 0.327. The Labute approximate surface area is 204 Å². The van der Waals surface area contributed by atoms with Crippen LogP contribution in [0.15, 0.2) is 125 Å². The number of anilines is 2. The Kier molecular flexibility index (Phi) is 5.19. The van der Waals surface area contributed by atoms with E-state index < -0.39 is 4.99 Å². The number of hydrazone groups is 2. The van der Waals surface area contributed by atoms with Gasteiger partial charge in [-0.2, -0.15) is 10.2 Å². The first-order chi connectivity index (χ1) is 16.8. The summed E-state index contributed by atoms with van der Waals surface area (Å²) in [5.74, 6) is 0. The standard InChI is InChI=1S/C29H24N4S/c1-2-27-25-20-12-13-21-26(25)29(32(30-27)23-16-8-4-9-17-23)33(24-18-10-5-11-19-24)31-28(34-29)22-14-6-3-7-15-22/h3-21H,2H2,1H3/t29-/m1/s1. The number of rotatable bonds is 4. The fourth-order valence-corrected chi connectivity index (χ4v) is 6.00. The highest BCUT2D eigenvalue weighted by atomic mass is 32.2. The molecule has 2 heterocycles. The van der Waals surface area contributed by atoms with Crippen LogP contribution >= 0.6 is 11.8 Å². The molecule has 4 aromatic carbocycles. The van der Waals surface area contributed by atoms with Gasteiger partial charge in [-0.15, -0.1) is 0 Å². The van der Waals surface area contributed by atoms with E-state index in [1.165, 1.54) is 11.1 Å². The van der Waals surface area contributed by atoms with Crippen molar-refractivity contribution in [2.45, 2.75) is 18.3 Å². The zero-order valence-corrected chi connectivity index (χ0v) is 19.7. The van der Waals surface area contributed by atoms with Gasteiger partial charge in [0.1, 0.15) is 5.04 Å². The van der Waals surface area contributed by atoms with Crippen LogP contribution in [-0.4, -0.2) is 10.8 Å². The molecule has 0 N–H and O–H groups in total. The van der Waals surface area contributed by atoms with Gasteiger partial charge < -0.3 is 0 Å². The van der Waals surface area contributed by atoms with E-state index in [-0.39, 0.29) is 0 Å². The van der Waals surface area contributed by atoms with Crippen LogP contribution in [0.2, 0.25) is 0 Å². The fourth-order valence-electron chi connectivity index (χ4n) is 4.60. The number of thioether (sulfide) groups is 1. The SMILES string of the molecule is CCC1=NN(c2ccccc2)[C@]2(SC(c3ccccc3)=NN2c2ccccc2)c2ccccc21. The molecule has 0 radical (unpaired) electrons. The van der Waals surface area contributed by atoms with Crippen molar-refractivity contribution in [1.82, 2.24) is 0 Å². The molecular weight excluding hydrogens is 436 g/mol. The first-order valence-electron chi connectivity index (χ1n) is 11.5. The number of hydrogen-bond donors (Lipinski definition) is 0. The van der Waals surface area contributed by atoms with Gasteiger partial charge in [-0.05, 0) is 42.4 Å². The summed E-state index contributed by atoms with van der Waals surface area (Å²) >= 11 is 1.74. The Bertz CT molecular complexity index is 1370. The third kappa shape index (κ3) is 3.24. The van der Waals surface area contributed by atoms with Crippen molar-refractivity contribution in [2.24, 2.45) is 10.2 Å². The number of para-hydroxylation sites is 2. The smallest absolute Gasteiger partial charge is 0.223 e. The van der Waals surface area contributed by atoms with Gasteiger partial charge in [0.25, 0.3) is 0 Å². The minimum atomic E-state index is -0.705. The summed E-state index contributed by atoms with van der Waals surface area (Å²) in [7, 11) is 0. The number of nitrogens with zero attached hydrogens (tertiary/aromatic N) is 4. The molecule has 2 aliphatic heterocycles. The summed E-state index contributed by atoms with van der Waals surface area (Å²) in [4.78, 5) is -0.705. The van der Waals surface area contributed by atoms with Gasteiger partial charge in [0.2, 0.25) is 4.99 Å². The Morgan fingerprint density at radius 2 is 1.18 bits per heavy atom. The highest BCUT2D eigenvalue weighted by Crippen LogP contribution is 2.55. The lowest BCUT2D eigenvalue weighted by molar-refractivity contribution is 0.548. The van der Waals surface area contributed by atoms with Gasteiger partial charge >= 0.3 is 0 Å². The van der Waals surface area contributed by atoms with Crippen LogP contribution in [0.1, 0.15) is 30.0 Å². The fraction of sp³-hybridized carbons (Fsp3) is 0.103. The third-order valence-electron chi connectivity index (χ3n) is 6.17. The molecule has 4 aromatic rings. The van der Waals surface area contributed by atoms with E-state index in [1.54, 1.807) is 11.8 Å². The van der Waals surface area contributed by atoms with Gasteiger partial charge in [0.05, 0.1) is 17.1 Å². The van der Waals surface area contributed by atoms with E-state index in [0.29, 0.717) is 0 Å². The lowest BCUT2D eigenvalue weighted by atomic mass is 9.96. The van der Waals surface area contributed by atoms with Crippen molar-refractivity contribution in [3.8, 4) is 0 Å². The average Bonchev–Trinajstić information content (AvgIpc) is 3.32. The molecule has 0 saturated heterocycles. The zero-order chi connectivity index (χ0) is 23.0. The van der Waals surface area contributed by atoms with Gasteiger partial charge in [-0.25, -0.2) is 10.0 Å². The topological polar surface area (TPSA) is 31.2 Å². The van der Waals surface area contributed by atoms with Crippen molar-refractivity contribution in [3.05, 3.63) is 132 Å². The van der Waals surface area contributed by atoms with Gasteiger partial charge in [0, 0.05) is 16.7 Å². The molecule has 0 aliphatic carbocycles. The highest BCUT2D eigenvalue weighted by molar-refractivity contribution is 8.15. The maximum atomic E-state index is 5.27. The van der Waals surface area contributed by atoms with Crippen LogP contribution in [-0.2, 0) is 4.99 Å². The molecule has 0 fully saturated rings. The predicted molar refractivity (Wildman–Crippen MR) is 143 cm³/mol. The summed E-state index contributed by atoms with van der Waals surface area (Å²) in [6, 6.07) is 39.8. The number of hydrogen-bond acceptors (Lipinski definition) is 5. The van der Waals surface area contributed by atoms with E-state index in [2.05, 4.69) is 114 Å². The first kappa shape index (κ1) is 20.8. The number of benzene rings is 4. The van der Waals surface area contributed by atoms with Crippen LogP contribution in [0, 0.1) is 0 Å². The summed E-state index contributed by atoms with van der Waals surface area (Å²) in [5, 5.41) is 15.8. The Morgan fingerprint density at radius 1 is 0.647 bits per heavy atom. The minimum Gasteiger partial charge on any atom is -0.223 e. The van der Waals surface area contributed by atoms with E-state index in [1.807, 2.05) is 18.2 Å². The molecule has 2 aliphatic rings. The second kappa shape index (κ2) is 8.50. The third-order valence-corrected chi connectivity index (χ3v) is 7.53. The molecule has 5 heteroatoms. The van der Waals surface area contributed by atoms with Crippen molar-refractivity contribution in [1.29, 1.82) is 0 Å². The van der Waals surface area contributed by atoms with Crippen molar-refractivity contribution < 1.29 is 0 Å². The van der Waals surface area contributed by atoms with Crippen LogP contribution < -0.4 is 10.0 Å². The summed E-state index contributed by atoms with van der Waals surface area (Å²) < 4.78 is 0. The Balaban J connectivity index is 1.64. The molecule has 166 valence electrons. The van der Waals surface area contributed by atoms with E-state index in [4.69, 9.17) is 10.2 Å². The lowest BCUT2D eigenvalue weighted by Crippen LogP contribution is -2.53. The average molecular weight is 461 g/mol. The molecule has 0 bridgehead atoms. The molecule has 0 unspecified atom stereocenters. The summed E-state index contributed by atoms with van der Waals surface area (Å²) in [6.45, 7) is 2.17. The molecule has 1 atom stereocenters. The molecule has 34 heavy (non-hydrogen) atoms. The van der Waals surface area contributed by atoms with E-state index in [9.17, 15) is 0 Å². The van der Waals surface area contributed by atoms with Crippen LogP contribution in [0.5, 0.6) is 0 Å². The van der Waals surface area contributed by atoms with Crippen molar-refractivity contribution >= 4 is 33.9 Å². The second-order valence-corrected chi connectivity index (χ2v) is 9.38. The Morgan fingerprint density at radius 3 is 1.79 bits per heavy atom.